The molecule has 1 aromatic rings. The molecular formula is C17H25NO2. The van der Waals surface area contributed by atoms with Gasteiger partial charge in [-0.2, -0.15) is 0 Å². The summed E-state index contributed by atoms with van der Waals surface area (Å²) in [4.78, 5) is 10.4. The van der Waals surface area contributed by atoms with Crippen molar-refractivity contribution in [2.45, 2.75) is 57.0 Å². The van der Waals surface area contributed by atoms with Crippen molar-refractivity contribution < 1.29 is 9.53 Å². The fourth-order valence-electron chi connectivity index (χ4n) is 3.14. The molecule has 1 spiro atoms. The van der Waals surface area contributed by atoms with Crippen LogP contribution in [0.5, 0.6) is 0 Å². The van der Waals surface area contributed by atoms with E-state index in [0.29, 0.717) is 12.0 Å². The normalized spacial score (nSPS) is 20.2. The lowest BCUT2D eigenvalue weighted by atomic mass is 9.83. The highest BCUT2D eigenvalue weighted by Crippen LogP contribution is 2.38. The summed E-state index contributed by atoms with van der Waals surface area (Å²) in [5.74, 6) is -0.286. The second-order valence-corrected chi connectivity index (χ2v) is 5.82. The Morgan fingerprint density at radius 1 is 1.05 bits per heavy atom. The number of rotatable bonds is 2. The quantitative estimate of drug-likeness (QED) is 0.901. The first-order chi connectivity index (χ1) is 9.70. The lowest BCUT2D eigenvalue weighted by Gasteiger charge is -2.32. The summed E-state index contributed by atoms with van der Waals surface area (Å²) in [6.07, 6.45) is 9.90. The first-order valence-corrected chi connectivity index (χ1v) is 7.66. The molecule has 3 nitrogen and oxygen atoms in total. The third kappa shape index (κ3) is 4.64. The predicted octanol–water partition coefficient (Wildman–Crippen LogP) is 3.21. The van der Waals surface area contributed by atoms with Crippen molar-refractivity contribution in [1.82, 2.24) is 0 Å². The van der Waals surface area contributed by atoms with E-state index in [4.69, 9.17) is 10.5 Å². The fraction of sp³-hybridized carbons (Fsp3) is 0.588. The number of nitrogens with two attached hydrogens (primary N) is 1. The number of hydrogen-bond donors (Lipinski definition) is 1. The zero-order chi connectivity index (χ0) is 14.3. The summed E-state index contributed by atoms with van der Waals surface area (Å²) >= 11 is 0. The third-order valence-electron chi connectivity index (χ3n) is 4.17. The number of primary amides is 1. The van der Waals surface area contributed by atoms with Gasteiger partial charge in [0.25, 0.3) is 0 Å². The first-order valence-electron chi connectivity index (χ1n) is 7.66. The monoisotopic (exact) mass is 275 g/mol. The van der Waals surface area contributed by atoms with Crippen molar-refractivity contribution in [1.29, 1.82) is 0 Å². The molecule has 0 aromatic heterocycles. The van der Waals surface area contributed by atoms with Gasteiger partial charge in [-0.05, 0) is 31.2 Å². The molecule has 2 aliphatic rings. The van der Waals surface area contributed by atoms with Crippen LogP contribution in [0.4, 0.5) is 0 Å². The summed E-state index contributed by atoms with van der Waals surface area (Å²) < 4.78 is 5.78. The van der Waals surface area contributed by atoms with Gasteiger partial charge in [0.2, 0.25) is 5.91 Å². The Kier molecular flexibility index (Phi) is 5.60. The van der Waals surface area contributed by atoms with Gasteiger partial charge in [0.15, 0.2) is 0 Å². The molecule has 1 aromatic carbocycles. The van der Waals surface area contributed by atoms with E-state index in [9.17, 15) is 4.79 Å². The lowest BCUT2D eigenvalue weighted by molar-refractivity contribution is -0.117. The SMILES string of the molecule is C1CCC2(CC1)CCCO2.NC(=O)Cc1ccccc1. The van der Waals surface area contributed by atoms with E-state index in [-0.39, 0.29) is 5.91 Å². The molecule has 3 heteroatoms. The first kappa shape index (κ1) is 15.0. The van der Waals surface area contributed by atoms with Crippen LogP contribution in [0.25, 0.3) is 0 Å². The van der Waals surface area contributed by atoms with Crippen LogP contribution in [-0.2, 0) is 16.0 Å². The van der Waals surface area contributed by atoms with Crippen molar-refractivity contribution in [2.24, 2.45) is 5.73 Å². The van der Waals surface area contributed by atoms with Crippen LogP contribution in [0, 0.1) is 0 Å². The Balaban J connectivity index is 0.000000147. The molecule has 1 saturated carbocycles. The highest BCUT2D eigenvalue weighted by molar-refractivity contribution is 5.76. The molecule has 3 rings (SSSR count). The molecule has 1 saturated heterocycles. The van der Waals surface area contributed by atoms with Crippen LogP contribution in [-0.4, -0.2) is 18.1 Å². The van der Waals surface area contributed by atoms with Crippen LogP contribution < -0.4 is 5.73 Å². The van der Waals surface area contributed by atoms with Crippen LogP contribution in [0.1, 0.15) is 50.5 Å². The molecule has 110 valence electrons. The molecule has 1 heterocycles. The standard InChI is InChI=1S/C9H16O.C8H9NO/c1-2-5-9(6-3-1)7-4-8-10-9;9-8(10)6-7-4-2-1-3-5-7/h1-8H2;1-5H,6H2,(H2,9,10). The summed E-state index contributed by atoms with van der Waals surface area (Å²) in [5, 5.41) is 0. The number of amides is 1. The maximum absolute atomic E-state index is 10.4. The molecule has 0 bridgehead atoms. The van der Waals surface area contributed by atoms with Crippen molar-refractivity contribution in [3.63, 3.8) is 0 Å². The largest absolute Gasteiger partial charge is 0.375 e. The second kappa shape index (κ2) is 7.44. The van der Waals surface area contributed by atoms with Gasteiger partial charge in [-0.3, -0.25) is 4.79 Å². The van der Waals surface area contributed by atoms with Crippen LogP contribution in [0.2, 0.25) is 0 Å². The number of carbonyl (C=O) groups is 1. The minimum atomic E-state index is -0.286. The van der Waals surface area contributed by atoms with Crippen molar-refractivity contribution in [3.8, 4) is 0 Å². The third-order valence-corrected chi connectivity index (χ3v) is 4.17. The lowest BCUT2D eigenvalue weighted by Crippen LogP contribution is -2.29. The Morgan fingerprint density at radius 2 is 1.70 bits per heavy atom. The zero-order valence-corrected chi connectivity index (χ0v) is 12.1. The van der Waals surface area contributed by atoms with Crippen LogP contribution in [0.3, 0.4) is 0 Å². The number of hydrogen-bond acceptors (Lipinski definition) is 2. The highest BCUT2D eigenvalue weighted by Gasteiger charge is 2.35. The second-order valence-electron chi connectivity index (χ2n) is 5.82. The molecule has 1 aliphatic carbocycles. The maximum atomic E-state index is 10.4. The Bertz CT molecular complexity index is 402. The number of benzene rings is 1. The van der Waals surface area contributed by atoms with Crippen molar-refractivity contribution >= 4 is 5.91 Å². The number of ether oxygens (including phenoxy) is 1. The highest BCUT2D eigenvalue weighted by atomic mass is 16.5. The van der Waals surface area contributed by atoms with E-state index in [1.54, 1.807) is 0 Å². The molecular weight excluding hydrogens is 250 g/mol. The van der Waals surface area contributed by atoms with E-state index in [2.05, 4.69) is 0 Å². The van der Waals surface area contributed by atoms with Gasteiger partial charge in [0, 0.05) is 6.61 Å². The van der Waals surface area contributed by atoms with E-state index in [0.717, 1.165) is 12.2 Å². The summed E-state index contributed by atoms with van der Waals surface area (Å²) in [7, 11) is 0. The minimum Gasteiger partial charge on any atom is -0.375 e. The molecule has 2 N–H and O–H groups in total. The van der Waals surface area contributed by atoms with E-state index in [1.165, 1.54) is 44.9 Å². The topological polar surface area (TPSA) is 52.3 Å². The molecule has 20 heavy (non-hydrogen) atoms. The number of carbonyl (C=O) groups excluding carboxylic acids is 1. The Morgan fingerprint density at radius 3 is 2.25 bits per heavy atom. The Labute approximate surface area is 121 Å². The summed E-state index contributed by atoms with van der Waals surface area (Å²) in [5.41, 5.74) is 6.33. The zero-order valence-electron chi connectivity index (χ0n) is 12.1. The minimum absolute atomic E-state index is 0.286. The average Bonchev–Trinajstić information content (AvgIpc) is 2.89. The molecule has 1 aliphatic heterocycles. The Hall–Kier alpha value is -1.35. The fourth-order valence-corrected chi connectivity index (χ4v) is 3.14. The van der Waals surface area contributed by atoms with E-state index < -0.39 is 0 Å². The van der Waals surface area contributed by atoms with E-state index >= 15 is 0 Å². The van der Waals surface area contributed by atoms with Gasteiger partial charge in [-0.15, -0.1) is 0 Å². The van der Waals surface area contributed by atoms with Crippen molar-refractivity contribution in [3.05, 3.63) is 35.9 Å². The maximum Gasteiger partial charge on any atom is 0.221 e. The molecule has 1 amide bonds. The van der Waals surface area contributed by atoms with Gasteiger partial charge in [-0.25, -0.2) is 0 Å². The van der Waals surface area contributed by atoms with Crippen LogP contribution in [0.15, 0.2) is 30.3 Å². The summed E-state index contributed by atoms with van der Waals surface area (Å²) in [6.45, 7) is 1.03. The molecule has 0 atom stereocenters. The molecule has 2 fully saturated rings. The van der Waals surface area contributed by atoms with Gasteiger partial charge >= 0.3 is 0 Å². The van der Waals surface area contributed by atoms with E-state index in [1.807, 2.05) is 30.3 Å². The van der Waals surface area contributed by atoms with Crippen LogP contribution >= 0.6 is 0 Å². The average molecular weight is 275 g/mol. The van der Waals surface area contributed by atoms with Gasteiger partial charge in [0.1, 0.15) is 0 Å². The van der Waals surface area contributed by atoms with Gasteiger partial charge < -0.3 is 10.5 Å². The molecule has 0 unspecified atom stereocenters. The van der Waals surface area contributed by atoms with Gasteiger partial charge in [0.05, 0.1) is 12.0 Å². The predicted molar refractivity (Wildman–Crippen MR) is 80.3 cm³/mol. The summed E-state index contributed by atoms with van der Waals surface area (Å²) in [6, 6.07) is 9.44. The van der Waals surface area contributed by atoms with Crippen molar-refractivity contribution in [2.75, 3.05) is 6.61 Å². The molecule has 0 radical (unpaired) electrons. The van der Waals surface area contributed by atoms with Gasteiger partial charge in [-0.1, -0.05) is 49.6 Å². The smallest absolute Gasteiger partial charge is 0.221 e.